The summed E-state index contributed by atoms with van der Waals surface area (Å²) >= 11 is 0. The number of nitrogens with one attached hydrogen (secondary N) is 2. The predicted octanol–water partition coefficient (Wildman–Crippen LogP) is 2.36. The number of barbiturate groups is 1. The van der Waals surface area contributed by atoms with E-state index in [-0.39, 0.29) is 12.4 Å². The van der Waals surface area contributed by atoms with Gasteiger partial charge in [-0.3, -0.25) is 20.2 Å². The average Bonchev–Trinajstić information content (AvgIpc) is 3.50. The van der Waals surface area contributed by atoms with Crippen LogP contribution in [-0.2, 0) is 14.3 Å². The largest absolute Gasteiger partial charge is 0.467 e. The summed E-state index contributed by atoms with van der Waals surface area (Å²) in [4.78, 5) is 37.1. The van der Waals surface area contributed by atoms with E-state index in [4.69, 9.17) is 18.6 Å². The lowest BCUT2D eigenvalue weighted by Crippen LogP contribution is -2.72. The smallest absolute Gasteiger partial charge is 0.328 e. The zero-order valence-corrected chi connectivity index (χ0v) is 18.1. The van der Waals surface area contributed by atoms with Crippen molar-refractivity contribution in [2.75, 3.05) is 13.2 Å². The van der Waals surface area contributed by atoms with Crippen LogP contribution < -0.4 is 20.1 Å². The van der Waals surface area contributed by atoms with Crippen LogP contribution in [0, 0.1) is 12.8 Å². The molecule has 0 aliphatic carbocycles. The first kappa shape index (κ1) is 21.6. The second-order valence-corrected chi connectivity index (χ2v) is 7.86. The molecule has 4 amide bonds. The van der Waals surface area contributed by atoms with Crippen LogP contribution in [0.25, 0.3) is 11.5 Å². The number of benzene rings is 2. The Hall–Kier alpha value is -4.25. The van der Waals surface area contributed by atoms with Gasteiger partial charge in [-0.15, -0.1) is 10.2 Å². The SMILES string of the molecule is Cc1nnc(-c2ccc(Oc3ccc(OC4(C5CCOC5)C(=O)NC(=O)NC4=O)cc3)cc2)o1. The van der Waals surface area contributed by atoms with E-state index in [0.717, 1.165) is 5.56 Å². The lowest BCUT2D eigenvalue weighted by atomic mass is 9.83. The molecule has 0 spiro atoms. The number of rotatable bonds is 6. The van der Waals surface area contributed by atoms with Crippen LogP contribution in [0.3, 0.4) is 0 Å². The summed E-state index contributed by atoms with van der Waals surface area (Å²) in [6, 6.07) is 12.7. The molecule has 0 radical (unpaired) electrons. The maximum absolute atomic E-state index is 12.8. The van der Waals surface area contributed by atoms with Crippen LogP contribution in [0.4, 0.5) is 4.79 Å². The number of urea groups is 1. The predicted molar refractivity (Wildman–Crippen MR) is 115 cm³/mol. The van der Waals surface area contributed by atoms with E-state index in [2.05, 4.69) is 20.8 Å². The molecule has 2 aromatic carbocycles. The Morgan fingerprint density at radius 3 is 2.09 bits per heavy atom. The van der Waals surface area contributed by atoms with Gasteiger partial charge in [0.25, 0.3) is 17.4 Å². The molecule has 174 valence electrons. The first-order chi connectivity index (χ1) is 16.4. The highest BCUT2D eigenvalue weighted by molar-refractivity contribution is 6.22. The molecule has 2 saturated heterocycles. The molecule has 3 heterocycles. The zero-order valence-electron chi connectivity index (χ0n) is 18.1. The second-order valence-electron chi connectivity index (χ2n) is 7.86. The van der Waals surface area contributed by atoms with Gasteiger partial charge in [0.1, 0.15) is 17.2 Å². The highest BCUT2D eigenvalue weighted by atomic mass is 16.5. The van der Waals surface area contributed by atoms with Crippen LogP contribution in [0.5, 0.6) is 17.2 Å². The van der Waals surface area contributed by atoms with E-state index >= 15 is 0 Å². The van der Waals surface area contributed by atoms with E-state index in [1.807, 2.05) is 0 Å². The second kappa shape index (κ2) is 8.60. The third kappa shape index (κ3) is 3.97. The molecule has 0 saturated carbocycles. The van der Waals surface area contributed by atoms with Crippen LogP contribution in [0.2, 0.25) is 0 Å². The van der Waals surface area contributed by atoms with Crippen molar-refractivity contribution in [1.29, 1.82) is 0 Å². The van der Waals surface area contributed by atoms with Crippen LogP contribution in [0.1, 0.15) is 12.3 Å². The molecule has 5 rings (SSSR count). The molecule has 2 fully saturated rings. The number of hydrogen-bond donors (Lipinski definition) is 2. The molecule has 1 atom stereocenters. The summed E-state index contributed by atoms with van der Waals surface area (Å²) in [7, 11) is 0. The first-order valence-electron chi connectivity index (χ1n) is 10.6. The molecular formula is C23H20N4O7. The summed E-state index contributed by atoms with van der Waals surface area (Å²) in [5.74, 6) is 0.0951. The number of hydrogen-bond acceptors (Lipinski definition) is 9. The first-order valence-corrected chi connectivity index (χ1v) is 10.6. The van der Waals surface area contributed by atoms with Crippen LogP contribution in [0.15, 0.2) is 52.9 Å². The molecule has 0 bridgehead atoms. The molecule has 2 aliphatic heterocycles. The molecule has 3 aromatic rings. The maximum Gasteiger partial charge on any atom is 0.328 e. The highest BCUT2D eigenvalue weighted by Crippen LogP contribution is 2.34. The standard InChI is InChI=1S/C23H20N4O7/c1-13-26-27-19(32-13)14-2-4-16(5-3-14)33-17-6-8-18(9-7-17)34-23(15-10-11-31-12-15)20(28)24-22(30)25-21(23)29/h2-9,15H,10-12H2,1H3,(H2,24,25,28,29,30). The number of carbonyl (C=O) groups excluding carboxylic acids is 3. The third-order valence-corrected chi connectivity index (χ3v) is 5.60. The number of nitrogens with zero attached hydrogens (tertiary/aromatic N) is 2. The van der Waals surface area contributed by atoms with Gasteiger partial charge in [-0.1, -0.05) is 0 Å². The molecule has 2 N–H and O–H groups in total. The molecular weight excluding hydrogens is 444 g/mol. The van der Waals surface area contributed by atoms with Crippen molar-refractivity contribution in [3.8, 4) is 28.7 Å². The minimum atomic E-state index is -1.91. The topological polar surface area (TPSA) is 142 Å². The monoisotopic (exact) mass is 464 g/mol. The Morgan fingerprint density at radius 1 is 0.912 bits per heavy atom. The highest BCUT2D eigenvalue weighted by Gasteiger charge is 2.59. The van der Waals surface area contributed by atoms with Crippen molar-refractivity contribution in [3.63, 3.8) is 0 Å². The van der Waals surface area contributed by atoms with Gasteiger partial charge < -0.3 is 18.6 Å². The normalized spacial score (nSPS) is 19.4. The van der Waals surface area contributed by atoms with Crippen molar-refractivity contribution in [2.45, 2.75) is 18.9 Å². The third-order valence-electron chi connectivity index (χ3n) is 5.60. The summed E-state index contributed by atoms with van der Waals surface area (Å²) in [5.41, 5.74) is -1.14. The van der Waals surface area contributed by atoms with Gasteiger partial charge in [0, 0.05) is 25.0 Å². The van der Waals surface area contributed by atoms with E-state index < -0.39 is 29.4 Å². The summed E-state index contributed by atoms with van der Waals surface area (Å²) < 4.78 is 22.6. The van der Waals surface area contributed by atoms with E-state index in [0.29, 0.717) is 36.3 Å². The summed E-state index contributed by atoms with van der Waals surface area (Å²) in [5, 5.41) is 12.1. The van der Waals surface area contributed by atoms with Crippen LogP contribution >= 0.6 is 0 Å². The molecule has 34 heavy (non-hydrogen) atoms. The molecule has 1 aromatic heterocycles. The molecule has 11 heteroatoms. The minimum absolute atomic E-state index is 0.162. The van der Waals surface area contributed by atoms with Gasteiger partial charge in [-0.2, -0.15) is 0 Å². The van der Waals surface area contributed by atoms with E-state index in [1.54, 1.807) is 55.5 Å². The fourth-order valence-corrected chi connectivity index (χ4v) is 3.90. The van der Waals surface area contributed by atoms with Gasteiger partial charge in [0.2, 0.25) is 11.8 Å². The summed E-state index contributed by atoms with van der Waals surface area (Å²) in [6.45, 7) is 2.27. The Morgan fingerprint density at radius 2 is 1.53 bits per heavy atom. The number of ether oxygens (including phenoxy) is 3. The number of imide groups is 2. The Balaban J connectivity index is 1.31. The van der Waals surface area contributed by atoms with Gasteiger partial charge in [0.05, 0.1) is 6.61 Å². The van der Waals surface area contributed by atoms with Crippen molar-refractivity contribution in [1.82, 2.24) is 20.8 Å². The quantitative estimate of drug-likeness (QED) is 0.526. The zero-order chi connectivity index (χ0) is 23.7. The lowest BCUT2D eigenvalue weighted by Gasteiger charge is -2.37. The van der Waals surface area contributed by atoms with Gasteiger partial charge in [-0.25, -0.2) is 4.79 Å². The number of aromatic nitrogens is 2. The minimum Gasteiger partial charge on any atom is -0.467 e. The van der Waals surface area contributed by atoms with Gasteiger partial charge in [0.15, 0.2) is 0 Å². The number of amides is 4. The maximum atomic E-state index is 12.8. The molecule has 2 aliphatic rings. The van der Waals surface area contributed by atoms with E-state index in [1.165, 1.54) is 0 Å². The fourth-order valence-electron chi connectivity index (χ4n) is 3.90. The molecule has 1 unspecified atom stereocenters. The fraction of sp³-hybridized carbons (Fsp3) is 0.261. The van der Waals surface area contributed by atoms with Crippen molar-refractivity contribution in [3.05, 3.63) is 54.4 Å². The van der Waals surface area contributed by atoms with Gasteiger partial charge >= 0.3 is 6.03 Å². The summed E-state index contributed by atoms with van der Waals surface area (Å²) in [6.07, 6.45) is 0.440. The van der Waals surface area contributed by atoms with Gasteiger partial charge in [-0.05, 0) is 55.0 Å². The van der Waals surface area contributed by atoms with Crippen molar-refractivity contribution < 1.29 is 33.0 Å². The lowest BCUT2D eigenvalue weighted by molar-refractivity contribution is -0.157. The van der Waals surface area contributed by atoms with Crippen molar-refractivity contribution >= 4 is 17.8 Å². The molecule has 11 nitrogen and oxygen atoms in total. The average molecular weight is 464 g/mol. The number of carbonyl (C=O) groups is 3. The Kier molecular flexibility index (Phi) is 5.46. The Labute approximate surface area is 193 Å². The van der Waals surface area contributed by atoms with Crippen molar-refractivity contribution in [2.24, 2.45) is 5.92 Å². The van der Waals surface area contributed by atoms with E-state index in [9.17, 15) is 14.4 Å². The number of aryl methyl sites for hydroxylation is 1. The Bertz CT molecular complexity index is 1210. The van der Waals surface area contributed by atoms with Crippen LogP contribution in [-0.4, -0.2) is 46.9 Å².